The first-order valence-corrected chi connectivity index (χ1v) is 9.37. The second-order valence-corrected chi connectivity index (χ2v) is 7.44. The molecule has 1 unspecified atom stereocenters. The van der Waals surface area contributed by atoms with Crippen molar-refractivity contribution in [3.63, 3.8) is 0 Å². The lowest BCUT2D eigenvalue weighted by Gasteiger charge is -2.25. The summed E-state index contributed by atoms with van der Waals surface area (Å²) in [4.78, 5) is 41.4. The zero-order chi connectivity index (χ0) is 21.2. The Morgan fingerprint density at radius 1 is 1.10 bits per heavy atom. The van der Waals surface area contributed by atoms with Crippen molar-refractivity contribution in [2.24, 2.45) is 0 Å². The molecule has 0 aliphatic carbocycles. The molecule has 158 valence electrons. The summed E-state index contributed by atoms with van der Waals surface area (Å²) in [6, 6.07) is 8.05. The van der Waals surface area contributed by atoms with Crippen LogP contribution in [0.15, 0.2) is 30.3 Å². The van der Waals surface area contributed by atoms with Gasteiger partial charge in [0.25, 0.3) is 5.91 Å². The molecule has 2 fully saturated rings. The van der Waals surface area contributed by atoms with E-state index < -0.39 is 42.7 Å². The van der Waals surface area contributed by atoms with Gasteiger partial charge in [0.2, 0.25) is 5.91 Å². The van der Waals surface area contributed by atoms with Crippen molar-refractivity contribution < 1.29 is 27.6 Å². The molecule has 2 aliphatic rings. The molecule has 2 aliphatic heterocycles. The van der Waals surface area contributed by atoms with E-state index in [1.165, 1.54) is 9.80 Å². The number of alkyl halides is 3. The number of carbonyl (C=O) groups is 3. The Hall–Kier alpha value is -2.62. The lowest BCUT2D eigenvalue weighted by molar-refractivity contribution is -0.145. The number of nitrogens with zero attached hydrogens (tertiary/aromatic N) is 3. The van der Waals surface area contributed by atoms with E-state index in [0.29, 0.717) is 12.0 Å². The van der Waals surface area contributed by atoms with E-state index in [2.05, 4.69) is 5.32 Å². The fourth-order valence-corrected chi connectivity index (χ4v) is 3.67. The number of hydrogen-bond donors (Lipinski definition) is 1. The second kappa shape index (κ2) is 8.02. The van der Waals surface area contributed by atoms with Crippen molar-refractivity contribution in [2.45, 2.75) is 25.1 Å². The van der Waals surface area contributed by atoms with Crippen molar-refractivity contribution in [1.29, 1.82) is 0 Å². The number of benzene rings is 1. The minimum atomic E-state index is -4.29. The van der Waals surface area contributed by atoms with Gasteiger partial charge in [-0.15, -0.1) is 0 Å². The minimum Gasteiger partial charge on any atom is -0.340 e. The molecule has 0 aromatic heterocycles. The second-order valence-electron chi connectivity index (χ2n) is 7.44. The maximum atomic E-state index is 12.9. The summed E-state index contributed by atoms with van der Waals surface area (Å²) in [5, 5.41) is 2.63. The molecule has 1 atom stereocenters. The van der Waals surface area contributed by atoms with Crippen LogP contribution in [0.25, 0.3) is 0 Å². The van der Waals surface area contributed by atoms with Crippen molar-refractivity contribution in [3.8, 4) is 0 Å². The van der Waals surface area contributed by atoms with E-state index >= 15 is 0 Å². The third kappa shape index (κ3) is 4.69. The van der Waals surface area contributed by atoms with Crippen LogP contribution in [0.4, 0.5) is 18.0 Å². The predicted molar refractivity (Wildman–Crippen MR) is 97.7 cm³/mol. The van der Waals surface area contributed by atoms with Crippen molar-refractivity contribution >= 4 is 17.8 Å². The van der Waals surface area contributed by atoms with Gasteiger partial charge in [-0.25, -0.2) is 4.79 Å². The average Bonchev–Trinajstić information content (AvgIpc) is 2.82. The molecule has 29 heavy (non-hydrogen) atoms. The molecular formula is C19H23F3N4O3. The van der Waals surface area contributed by atoms with Crippen LogP contribution in [0.5, 0.6) is 0 Å². The quantitative estimate of drug-likeness (QED) is 0.762. The number of hydrogen-bond acceptors (Lipinski definition) is 4. The Morgan fingerprint density at radius 2 is 1.79 bits per heavy atom. The van der Waals surface area contributed by atoms with Gasteiger partial charge in [0.1, 0.15) is 12.1 Å². The number of carbonyl (C=O) groups excluding carboxylic acids is 3. The van der Waals surface area contributed by atoms with Gasteiger partial charge in [-0.1, -0.05) is 30.3 Å². The molecule has 0 saturated carbocycles. The molecule has 1 aromatic carbocycles. The van der Waals surface area contributed by atoms with Crippen LogP contribution >= 0.6 is 0 Å². The summed E-state index contributed by atoms with van der Waals surface area (Å²) < 4.78 is 37.8. The fourth-order valence-electron chi connectivity index (χ4n) is 3.67. The van der Waals surface area contributed by atoms with E-state index in [1.54, 1.807) is 37.3 Å². The summed E-state index contributed by atoms with van der Waals surface area (Å²) in [5.74, 6) is -0.991. The van der Waals surface area contributed by atoms with Crippen molar-refractivity contribution in [2.75, 3.05) is 39.3 Å². The molecule has 2 heterocycles. The number of amides is 4. The van der Waals surface area contributed by atoms with Crippen LogP contribution in [0.3, 0.4) is 0 Å². The minimum absolute atomic E-state index is 0.0904. The van der Waals surface area contributed by atoms with Crippen molar-refractivity contribution in [3.05, 3.63) is 35.9 Å². The van der Waals surface area contributed by atoms with E-state index in [-0.39, 0.29) is 26.2 Å². The smallest absolute Gasteiger partial charge is 0.340 e. The SMILES string of the molecule is CC1(c2ccccc2)NC(=O)N(CC(=O)N2CCCN(CC(F)(F)F)CC2)C1=O. The first kappa shape index (κ1) is 21.1. The van der Waals surface area contributed by atoms with Crippen LogP contribution in [0.2, 0.25) is 0 Å². The van der Waals surface area contributed by atoms with E-state index in [0.717, 1.165) is 4.90 Å². The lowest BCUT2D eigenvalue weighted by Crippen LogP contribution is -2.45. The van der Waals surface area contributed by atoms with Gasteiger partial charge >= 0.3 is 12.2 Å². The van der Waals surface area contributed by atoms with Crippen LogP contribution in [-0.4, -0.2) is 78.0 Å². The number of rotatable bonds is 4. The van der Waals surface area contributed by atoms with Gasteiger partial charge < -0.3 is 10.2 Å². The highest BCUT2D eigenvalue weighted by molar-refractivity contribution is 6.09. The summed E-state index contributed by atoms with van der Waals surface area (Å²) in [7, 11) is 0. The highest BCUT2D eigenvalue weighted by Crippen LogP contribution is 2.28. The van der Waals surface area contributed by atoms with Gasteiger partial charge in [0.05, 0.1) is 6.54 Å². The third-order valence-corrected chi connectivity index (χ3v) is 5.26. The standard InChI is InChI=1S/C19H23F3N4O3/c1-18(14-6-3-2-4-7-14)16(28)26(17(29)23-18)12-15(27)25-9-5-8-24(10-11-25)13-19(20,21)22/h2-4,6-7H,5,8-13H2,1H3,(H,23,29). The van der Waals surface area contributed by atoms with Gasteiger partial charge in [0.15, 0.2) is 0 Å². The number of imide groups is 1. The molecule has 1 N–H and O–H groups in total. The first-order chi connectivity index (χ1) is 13.6. The molecule has 7 nitrogen and oxygen atoms in total. The first-order valence-electron chi connectivity index (χ1n) is 9.37. The summed E-state index contributed by atoms with van der Waals surface area (Å²) in [5.41, 5.74) is -0.660. The maximum absolute atomic E-state index is 12.9. The van der Waals surface area contributed by atoms with E-state index in [9.17, 15) is 27.6 Å². The highest BCUT2D eigenvalue weighted by Gasteiger charge is 2.49. The van der Waals surface area contributed by atoms with E-state index in [4.69, 9.17) is 0 Å². The number of nitrogens with one attached hydrogen (secondary N) is 1. The van der Waals surface area contributed by atoms with Gasteiger partial charge in [0, 0.05) is 26.2 Å². The summed E-state index contributed by atoms with van der Waals surface area (Å²) >= 11 is 0. The zero-order valence-corrected chi connectivity index (χ0v) is 16.0. The lowest BCUT2D eigenvalue weighted by atomic mass is 9.92. The molecule has 0 spiro atoms. The van der Waals surface area contributed by atoms with E-state index in [1.807, 2.05) is 0 Å². The Balaban J connectivity index is 1.63. The highest BCUT2D eigenvalue weighted by atomic mass is 19.4. The maximum Gasteiger partial charge on any atom is 0.401 e. The molecule has 3 rings (SSSR count). The fraction of sp³-hybridized carbons (Fsp3) is 0.526. The third-order valence-electron chi connectivity index (χ3n) is 5.26. The Labute approximate surface area is 166 Å². The van der Waals surface area contributed by atoms with Gasteiger partial charge in [-0.3, -0.25) is 19.4 Å². The normalized spacial score (nSPS) is 23.9. The Morgan fingerprint density at radius 3 is 2.45 bits per heavy atom. The molecule has 0 radical (unpaired) electrons. The van der Waals surface area contributed by atoms with Crippen LogP contribution in [0.1, 0.15) is 18.9 Å². The average molecular weight is 412 g/mol. The molecular weight excluding hydrogens is 389 g/mol. The van der Waals surface area contributed by atoms with Crippen LogP contribution < -0.4 is 5.32 Å². The Bertz CT molecular complexity index is 787. The molecule has 10 heteroatoms. The largest absolute Gasteiger partial charge is 0.401 e. The topological polar surface area (TPSA) is 73.0 Å². The number of halogens is 3. The monoisotopic (exact) mass is 412 g/mol. The van der Waals surface area contributed by atoms with Gasteiger partial charge in [-0.2, -0.15) is 13.2 Å². The van der Waals surface area contributed by atoms with Crippen LogP contribution in [-0.2, 0) is 15.1 Å². The predicted octanol–water partition coefficient (Wildman–Crippen LogP) is 1.55. The summed E-state index contributed by atoms with van der Waals surface area (Å²) in [6.45, 7) is 0.852. The van der Waals surface area contributed by atoms with Gasteiger partial charge in [-0.05, 0) is 18.9 Å². The van der Waals surface area contributed by atoms with Crippen LogP contribution in [0, 0.1) is 0 Å². The molecule has 0 bridgehead atoms. The molecule has 1 aromatic rings. The molecule has 2 saturated heterocycles. The zero-order valence-electron chi connectivity index (χ0n) is 16.0. The number of urea groups is 1. The molecule has 4 amide bonds. The summed E-state index contributed by atoms with van der Waals surface area (Å²) in [6.07, 6.45) is -3.90. The Kier molecular flexibility index (Phi) is 5.83. The van der Waals surface area contributed by atoms with Crippen molar-refractivity contribution in [1.82, 2.24) is 20.0 Å².